The number of aliphatic hydroxyl groups excluding tert-OH is 1. The minimum atomic E-state index is -1.06. The number of rotatable bonds is 15. The van der Waals surface area contributed by atoms with Crippen molar-refractivity contribution in [3.05, 3.63) is 0 Å². The Morgan fingerprint density at radius 3 is 2.24 bits per heavy atom. The van der Waals surface area contributed by atoms with Crippen LogP contribution in [0.4, 0.5) is 0 Å². The molecule has 1 rings (SSSR count). The van der Waals surface area contributed by atoms with E-state index >= 15 is 0 Å². The summed E-state index contributed by atoms with van der Waals surface area (Å²) >= 11 is 0. The van der Waals surface area contributed by atoms with Gasteiger partial charge in [-0.05, 0) is 6.42 Å². The molecular formula is C20H38N2O3. The van der Waals surface area contributed by atoms with Gasteiger partial charge in [0, 0.05) is 6.42 Å². The third kappa shape index (κ3) is 7.87. The molecule has 0 bridgehead atoms. The van der Waals surface area contributed by atoms with Gasteiger partial charge in [-0.15, -0.1) is 0 Å². The molecule has 0 aromatic carbocycles. The highest BCUT2D eigenvalue weighted by molar-refractivity contribution is 5.79. The number of carboxylic acids is 1. The molecule has 25 heavy (non-hydrogen) atoms. The molecule has 0 spiro atoms. The molecule has 0 saturated carbocycles. The van der Waals surface area contributed by atoms with Crippen molar-refractivity contribution in [3.8, 4) is 0 Å². The third-order valence-electron chi connectivity index (χ3n) is 5.36. The van der Waals surface area contributed by atoms with E-state index < -0.39 is 5.97 Å². The highest BCUT2D eigenvalue weighted by atomic mass is 16.4. The summed E-state index contributed by atoms with van der Waals surface area (Å²) < 4.78 is 0.289. The van der Waals surface area contributed by atoms with Gasteiger partial charge in [-0.25, -0.2) is 4.99 Å². The lowest BCUT2D eigenvalue weighted by Crippen LogP contribution is -2.58. The number of nitrogens with zero attached hydrogens (tertiary/aromatic N) is 2. The molecule has 2 atom stereocenters. The van der Waals surface area contributed by atoms with Gasteiger partial charge in [0.15, 0.2) is 5.84 Å². The number of aliphatic hydroxyl groups is 1. The summed E-state index contributed by atoms with van der Waals surface area (Å²) in [5.74, 6) is -0.141. The molecule has 1 heterocycles. The van der Waals surface area contributed by atoms with E-state index in [0.29, 0.717) is 13.1 Å². The summed E-state index contributed by atoms with van der Waals surface area (Å²) in [5, 5.41) is 20.5. The summed E-state index contributed by atoms with van der Waals surface area (Å²) in [6.07, 6.45) is 13.5. The Kier molecular flexibility index (Phi) is 11.0. The Hall–Kier alpha value is -0.940. The summed E-state index contributed by atoms with van der Waals surface area (Å²) in [5.41, 5.74) is 0. The number of carboxylic acid groups (broad SMARTS) is 1. The van der Waals surface area contributed by atoms with E-state index in [1.54, 1.807) is 0 Å². The predicted octanol–water partition coefficient (Wildman–Crippen LogP) is 2.66. The number of carbonyl (C=O) groups excluding carboxylic acids is 1. The van der Waals surface area contributed by atoms with Gasteiger partial charge in [0.25, 0.3) is 0 Å². The molecule has 1 aliphatic rings. The van der Waals surface area contributed by atoms with Gasteiger partial charge in [-0.3, -0.25) is 4.48 Å². The molecule has 2 unspecified atom stereocenters. The Bertz CT molecular complexity index is 412. The summed E-state index contributed by atoms with van der Waals surface area (Å²) in [6, 6.07) is 0.199. The highest BCUT2D eigenvalue weighted by Gasteiger charge is 2.41. The van der Waals surface area contributed by atoms with Gasteiger partial charge in [0.1, 0.15) is 25.7 Å². The fourth-order valence-corrected chi connectivity index (χ4v) is 4.05. The normalized spacial score (nSPS) is 23.0. The fourth-order valence-electron chi connectivity index (χ4n) is 4.05. The van der Waals surface area contributed by atoms with Crippen LogP contribution < -0.4 is 5.11 Å². The summed E-state index contributed by atoms with van der Waals surface area (Å²) in [7, 11) is 0. The molecule has 0 aliphatic carbocycles. The van der Waals surface area contributed by atoms with Crippen LogP contribution in [0.5, 0.6) is 0 Å². The first kappa shape index (κ1) is 22.1. The molecule has 0 radical (unpaired) electrons. The van der Waals surface area contributed by atoms with E-state index in [1.807, 2.05) is 6.92 Å². The van der Waals surface area contributed by atoms with Gasteiger partial charge in [0.2, 0.25) is 0 Å². The zero-order valence-electron chi connectivity index (χ0n) is 16.3. The second-order valence-electron chi connectivity index (χ2n) is 7.47. The van der Waals surface area contributed by atoms with Gasteiger partial charge >= 0.3 is 0 Å². The summed E-state index contributed by atoms with van der Waals surface area (Å²) in [6.45, 7) is 5.30. The molecule has 0 saturated heterocycles. The van der Waals surface area contributed by atoms with E-state index in [0.717, 1.165) is 25.1 Å². The maximum absolute atomic E-state index is 11.2. The smallest absolute Gasteiger partial charge is 0.198 e. The number of aliphatic carboxylic acids is 1. The third-order valence-corrected chi connectivity index (χ3v) is 5.36. The topological polar surface area (TPSA) is 72.7 Å². The van der Waals surface area contributed by atoms with E-state index in [4.69, 9.17) is 4.99 Å². The summed E-state index contributed by atoms with van der Waals surface area (Å²) in [4.78, 5) is 16.0. The zero-order valence-corrected chi connectivity index (χ0v) is 16.3. The average Bonchev–Trinajstić information content (AvgIpc) is 2.90. The lowest BCUT2D eigenvalue weighted by atomic mass is 10.0. The first-order chi connectivity index (χ1) is 12.1. The van der Waals surface area contributed by atoms with Crippen molar-refractivity contribution in [1.82, 2.24) is 0 Å². The van der Waals surface area contributed by atoms with Crippen LogP contribution in [0.1, 0.15) is 84.5 Å². The number of amidine groups is 1. The van der Waals surface area contributed by atoms with Crippen LogP contribution in [0, 0.1) is 0 Å². The Morgan fingerprint density at radius 1 is 1.12 bits per heavy atom. The second-order valence-corrected chi connectivity index (χ2v) is 7.47. The molecule has 1 N–H and O–H groups in total. The van der Waals surface area contributed by atoms with Crippen LogP contribution in [0.3, 0.4) is 0 Å². The number of aliphatic imine (C=N–C) groups is 1. The molecule has 0 fully saturated rings. The van der Waals surface area contributed by atoms with Crippen molar-refractivity contribution in [1.29, 1.82) is 0 Å². The molecule has 0 amide bonds. The largest absolute Gasteiger partial charge is 0.544 e. The predicted molar refractivity (Wildman–Crippen MR) is 100 cm³/mol. The van der Waals surface area contributed by atoms with Crippen molar-refractivity contribution < 1.29 is 19.5 Å². The van der Waals surface area contributed by atoms with Gasteiger partial charge < -0.3 is 15.0 Å². The molecule has 0 aromatic heterocycles. The van der Waals surface area contributed by atoms with Crippen LogP contribution in [0.25, 0.3) is 0 Å². The minimum Gasteiger partial charge on any atom is -0.544 e. The average molecular weight is 355 g/mol. The first-order valence-corrected chi connectivity index (χ1v) is 10.3. The number of quaternary nitrogens is 1. The van der Waals surface area contributed by atoms with Crippen LogP contribution in [-0.2, 0) is 4.79 Å². The number of hydrogen-bond donors (Lipinski definition) is 1. The molecule has 146 valence electrons. The van der Waals surface area contributed by atoms with Gasteiger partial charge in [-0.1, -0.05) is 71.6 Å². The standard InChI is InChI=1S/C20H38N2O3/c1-3-5-6-7-8-9-10-11-12-13-18-16-22(14-15-23,17-20(24)25)19(4-2)21-18/h18,23H,3-17H2,1-2H3. The van der Waals surface area contributed by atoms with Gasteiger partial charge in [0.05, 0.1) is 12.6 Å². The monoisotopic (exact) mass is 354 g/mol. The lowest BCUT2D eigenvalue weighted by molar-refractivity contribution is -0.833. The van der Waals surface area contributed by atoms with Crippen molar-refractivity contribution in [2.45, 2.75) is 90.5 Å². The van der Waals surface area contributed by atoms with Crippen LogP contribution >= 0.6 is 0 Å². The Morgan fingerprint density at radius 2 is 1.72 bits per heavy atom. The van der Waals surface area contributed by atoms with Crippen molar-refractivity contribution in [2.24, 2.45) is 4.99 Å². The van der Waals surface area contributed by atoms with Crippen LogP contribution in [0.2, 0.25) is 0 Å². The van der Waals surface area contributed by atoms with E-state index in [9.17, 15) is 15.0 Å². The van der Waals surface area contributed by atoms with Crippen molar-refractivity contribution in [3.63, 3.8) is 0 Å². The molecule has 0 aromatic rings. The van der Waals surface area contributed by atoms with E-state index in [1.165, 1.54) is 51.4 Å². The molecule has 5 heteroatoms. The fraction of sp³-hybridized carbons (Fsp3) is 0.900. The SMILES string of the molecule is CCCCCCCCCCCC1C[N+](CCO)(CC(=O)[O-])C(CC)=N1. The minimum absolute atomic E-state index is 0.0168. The maximum Gasteiger partial charge on any atom is 0.198 e. The first-order valence-electron chi connectivity index (χ1n) is 10.3. The zero-order chi connectivity index (χ0) is 18.5. The van der Waals surface area contributed by atoms with Crippen LogP contribution in [0.15, 0.2) is 4.99 Å². The van der Waals surface area contributed by atoms with Crippen molar-refractivity contribution in [2.75, 3.05) is 26.2 Å². The maximum atomic E-state index is 11.2. The van der Waals surface area contributed by atoms with Crippen LogP contribution in [-0.4, -0.2) is 53.7 Å². The molecular weight excluding hydrogens is 316 g/mol. The van der Waals surface area contributed by atoms with E-state index in [2.05, 4.69) is 6.92 Å². The quantitative estimate of drug-likeness (QED) is 0.363. The van der Waals surface area contributed by atoms with E-state index in [-0.39, 0.29) is 23.7 Å². The lowest BCUT2D eigenvalue weighted by Gasteiger charge is -2.34. The number of carbonyl (C=O) groups is 1. The number of hydrogen-bond acceptors (Lipinski definition) is 4. The Labute approximate surface area is 153 Å². The van der Waals surface area contributed by atoms with Gasteiger partial charge in [-0.2, -0.15) is 0 Å². The highest BCUT2D eigenvalue weighted by Crippen LogP contribution is 2.25. The molecule has 1 aliphatic heterocycles. The Balaban J connectivity index is 2.31. The molecule has 5 nitrogen and oxygen atoms in total. The number of unbranched alkanes of at least 4 members (excludes halogenated alkanes) is 8. The van der Waals surface area contributed by atoms with Crippen molar-refractivity contribution >= 4 is 11.8 Å². The second kappa shape index (κ2) is 12.4.